The number of anilines is 1. The molecule has 0 saturated carbocycles. The SMILES string of the molecule is COc1ccc(OC)c(CNC(=O)CCc2nc(N3CC(C)CC(C)C3)c3c(C)noc3n2)c1. The number of benzene rings is 1. The number of nitrogens with one attached hydrogen (secondary N) is 1. The minimum Gasteiger partial charge on any atom is -0.497 e. The Bertz CT molecular complexity index is 1150. The lowest BCUT2D eigenvalue weighted by molar-refractivity contribution is -0.121. The fraction of sp³-hybridized carbons (Fsp3) is 0.520. The maximum absolute atomic E-state index is 12.6. The van der Waals surface area contributed by atoms with E-state index in [9.17, 15) is 4.79 Å². The van der Waals surface area contributed by atoms with Crippen LogP contribution in [0, 0.1) is 18.8 Å². The molecule has 9 nitrogen and oxygen atoms in total. The Labute approximate surface area is 199 Å². The Morgan fingerprint density at radius 2 is 1.94 bits per heavy atom. The van der Waals surface area contributed by atoms with Crippen molar-refractivity contribution in [3.05, 3.63) is 35.3 Å². The number of rotatable bonds is 8. The van der Waals surface area contributed by atoms with Gasteiger partial charge >= 0.3 is 0 Å². The van der Waals surface area contributed by atoms with Gasteiger partial charge in [-0.2, -0.15) is 4.98 Å². The third-order valence-corrected chi connectivity index (χ3v) is 6.24. The summed E-state index contributed by atoms with van der Waals surface area (Å²) >= 11 is 0. The number of carbonyl (C=O) groups is 1. The molecule has 0 radical (unpaired) electrons. The summed E-state index contributed by atoms with van der Waals surface area (Å²) in [6, 6.07) is 5.51. The van der Waals surface area contributed by atoms with E-state index in [0.717, 1.165) is 35.6 Å². The van der Waals surface area contributed by atoms with Crippen molar-refractivity contribution in [1.29, 1.82) is 0 Å². The van der Waals surface area contributed by atoms with Gasteiger partial charge in [-0.3, -0.25) is 4.79 Å². The van der Waals surface area contributed by atoms with E-state index in [2.05, 4.69) is 34.2 Å². The predicted octanol–water partition coefficient (Wildman–Crippen LogP) is 3.67. The number of amides is 1. The molecular formula is C25H33N5O4. The van der Waals surface area contributed by atoms with E-state index in [1.54, 1.807) is 14.2 Å². The van der Waals surface area contributed by atoms with Crippen LogP contribution in [0.25, 0.3) is 11.1 Å². The third kappa shape index (κ3) is 5.24. The number of hydrogen-bond acceptors (Lipinski definition) is 8. The molecule has 1 fully saturated rings. The van der Waals surface area contributed by atoms with Crippen molar-refractivity contribution in [3.8, 4) is 11.5 Å². The quantitative estimate of drug-likeness (QED) is 0.535. The number of aromatic nitrogens is 3. The Morgan fingerprint density at radius 3 is 2.65 bits per heavy atom. The van der Waals surface area contributed by atoms with Gasteiger partial charge in [-0.05, 0) is 43.4 Å². The molecule has 34 heavy (non-hydrogen) atoms. The molecule has 3 aromatic rings. The highest BCUT2D eigenvalue weighted by Crippen LogP contribution is 2.32. The highest BCUT2D eigenvalue weighted by Gasteiger charge is 2.27. The molecule has 1 aliphatic rings. The van der Waals surface area contributed by atoms with E-state index in [-0.39, 0.29) is 12.3 Å². The van der Waals surface area contributed by atoms with Crippen LogP contribution in [0.4, 0.5) is 5.82 Å². The summed E-state index contributed by atoms with van der Waals surface area (Å²) in [6.07, 6.45) is 1.87. The summed E-state index contributed by atoms with van der Waals surface area (Å²) in [5.41, 5.74) is 2.11. The van der Waals surface area contributed by atoms with Crippen molar-refractivity contribution in [1.82, 2.24) is 20.4 Å². The molecule has 4 rings (SSSR count). The van der Waals surface area contributed by atoms with Gasteiger partial charge in [0.1, 0.15) is 28.5 Å². The van der Waals surface area contributed by atoms with Crippen LogP contribution in [0.3, 0.4) is 0 Å². The number of methoxy groups -OCH3 is 2. The molecule has 182 valence electrons. The Hall–Kier alpha value is -3.36. The first-order chi connectivity index (χ1) is 16.4. The van der Waals surface area contributed by atoms with Gasteiger partial charge in [0.2, 0.25) is 5.91 Å². The number of nitrogens with zero attached hydrogens (tertiary/aromatic N) is 4. The zero-order valence-corrected chi connectivity index (χ0v) is 20.6. The molecular weight excluding hydrogens is 434 g/mol. The van der Waals surface area contributed by atoms with Crippen LogP contribution in [-0.2, 0) is 17.8 Å². The first-order valence-corrected chi connectivity index (χ1v) is 11.7. The maximum Gasteiger partial charge on any atom is 0.263 e. The van der Waals surface area contributed by atoms with Crippen molar-refractivity contribution in [2.45, 2.75) is 46.6 Å². The highest BCUT2D eigenvalue weighted by atomic mass is 16.5. The first kappa shape index (κ1) is 23.8. The van der Waals surface area contributed by atoms with Gasteiger partial charge in [-0.1, -0.05) is 19.0 Å². The molecule has 2 unspecified atom stereocenters. The van der Waals surface area contributed by atoms with E-state index >= 15 is 0 Å². The van der Waals surface area contributed by atoms with E-state index in [4.69, 9.17) is 19.0 Å². The van der Waals surface area contributed by atoms with Gasteiger partial charge in [-0.15, -0.1) is 0 Å². The van der Waals surface area contributed by atoms with Crippen LogP contribution in [0.5, 0.6) is 11.5 Å². The molecule has 9 heteroatoms. The minimum atomic E-state index is -0.0934. The van der Waals surface area contributed by atoms with Gasteiger partial charge in [0.25, 0.3) is 5.71 Å². The van der Waals surface area contributed by atoms with Crippen LogP contribution in [0.1, 0.15) is 43.8 Å². The Kier molecular flexibility index (Phi) is 7.19. The summed E-state index contributed by atoms with van der Waals surface area (Å²) in [5.74, 6) is 3.92. The van der Waals surface area contributed by atoms with Gasteiger partial charge in [0.05, 0.1) is 19.9 Å². The van der Waals surface area contributed by atoms with Gasteiger partial charge in [0, 0.05) is 38.0 Å². The summed E-state index contributed by atoms with van der Waals surface area (Å²) < 4.78 is 16.1. The molecule has 1 saturated heterocycles. The number of hydrogen-bond donors (Lipinski definition) is 1. The van der Waals surface area contributed by atoms with Crippen molar-refractivity contribution >= 4 is 22.8 Å². The molecule has 2 atom stereocenters. The standard InChI is InChI=1S/C25H33N5O4/c1-15-10-16(2)14-30(13-15)24-23-17(3)29-34-25(23)28-21(27-24)8-9-22(31)26-12-18-11-19(32-4)6-7-20(18)33-5/h6-7,11,15-16H,8-10,12-14H2,1-5H3,(H,26,31). The Morgan fingerprint density at radius 1 is 1.18 bits per heavy atom. The van der Waals surface area contributed by atoms with Crippen molar-refractivity contribution in [2.24, 2.45) is 11.8 Å². The fourth-order valence-corrected chi connectivity index (χ4v) is 4.72. The van der Waals surface area contributed by atoms with Crippen molar-refractivity contribution in [2.75, 3.05) is 32.2 Å². The van der Waals surface area contributed by atoms with E-state index < -0.39 is 0 Å². The summed E-state index contributed by atoms with van der Waals surface area (Å²) in [5, 5.41) is 7.92. The van der Waals surface area contributed by atoms with Gasteiger partial charge in [0.15, 0.2) is 0 Å². The second kappa shape index (κ2) is 10.3. The molecule has 0 bridgehead atoms. The largest absolute Gasteiger partial charge is 0.497 e. The number of fused-ring (bicyclic) bond motifs is 1. The Balaban J connectivity index is 1.46. The molecule has 0 aliphatic carbocycles. The predicted molar refractivity (Wildman–Crippen MR) is 129 cm³/mol. The second-order valence-corrected chi connectivity index (χ2v) is 9.22. The third-order valence-electron chi connectivity index (χ3n) is 6.24. The maximum atomic E-state index is 12.6. The van der Waals surface area contributed by atoms with Crippen LogP contribution in [0.15, 0.2) is 22.7 Å². The van der Waals surface area contributed by atoms with Crippen LogP contribution < -0.4 is 19.7 Å². The second-order valence-electron chi connectivity index (χ2n) is 9.22. The first-order valence-electron chi connectivity index (χ1n) is 11.7. The highest BCUT2D eigenvalue weighted by molar-refractivity contribution is 5.88. The average molecular weight is 468 g/mol. The molecule has 0 spiro atoms. The van der Waals surface area contributed by atoms with E-state index in [1.807, 2.05) is 25.1 Å². The van der Waals surface area contributed by atoms with Crippen LogP contribution >= 0.6 is 0 Å². The number of carbonyl (C=O) groups excluding carboxylic acids is 1. The summed E-state index contributed by atoms with van der Waals surface area (Å²) in [7, 11) is 3.21. The van der Waals surface area contributed by atoms with Gasteiger partial charge in [-0.25, -0.2) is 4.98 Å². The number of ether oxygens (including phenoxy) is 2. The zero-order chi connectivity index (χ0) is 24.2. The number of aryl methyl sites for hydroxylation is 2. The topological polar surface area (TPSA) is 103 Å². The van der Waals surface area contributed by atoms with Crippen molar-refractivity contribution < 1.29 is 18.8 Å². The molecule has 1 amide bonds. The normalized spacial score (nSPS) is 18.2. The molecule has 1 N–H and O–H groups in total. The fourth-order valence-electron chi connectivity index (χ4n) is 4.72. The molecule has 1 aromatic carbocycles. The molecule has 2 aromatic heterocycles. The van der Waals surface area contributed by atoms with Crippen LogP contribution in [-0.4, -0.2) is 48.3 Å². The molecule has 1 aliphatic heterocycles. The molecule has 3 heterocycles. The average Bonchev–Trinajstić information content (AvgIpc) is 3.20. The lowest BCUT2D eigenvalue weighted by Crippen LogP contribution is -2.39. The number of piperidine rings is 1. The zero-order valence-electron chi connectivity index (χ0n) is 20.6. The monoisotopic (exact) mass is 467 g/mol. The minimum absolute atomic E-state index is 0.0934. The summed E-state index contributed by atoms with van der Waals surface area (Å²) in [6.45, 7) is 8.66. The van der Waals surface area contributed by atoms with Gasteiger partial charge < -0.3 is 24.2 Å². The van der Waals surface area contributed by atoms with Crippen molar-refractivity contribution in [3.63, 3.8) is 0 Å². The van der Waals surface area contributed by atoms with Crippen LogP contribution in [0.2, 0.25) is 0 Å². The van der Waals surface area contributed by atoms with E-state index in [0.29, 0.717) is 47.8 Å². The lowest BCUT2D eigenvalue weighted by Gasteiger charge is -2.36. The van der Waals surface area contributed by atoms with E-state index in [1.165, 1.54) is 6.42 Å². The lowest BCUT2D eigenvalue weighted by atomic mass is 9.92. The summed E-state index contributed by atoms with van der Waals surface area (Å²) in [4.78, 5) is 24.3. The smallest absolute Gasteiger partial charge is 0.263 e.